The first-order chi connectivity index (χ1) is 11.9. The van der Waals surface area contributed by atoms with Crippen LogP contribution in [-0.2, 0) is 18.9 Å². The van der Waals surface area contributed by atoms with Crippen LogP contribution in [0.2, 0.25) is 0 Å². The molecule has 1 rings (SSSR count). The normalized spacial score (nSPS) is 17.5. The third kappa shape index (κ3) is 13.6. The molecule has 0 aromatic carbocycles. The van der Waals surface area contributed by atoms with Crippen molar-refractivity contribution in [3.63, 3.8) is 0 Å². The summed E-state index contributed by atoms with van der Waals surface area (Å²) in [6.07, 6.45) is 0.270. The van der Waals surface area contributed by atoms with E-state index in [4.69, 9.17) is 18.9 Å². The molecule has 1 heterocycles. The van der Waals surface area contributed by atoms with Gasteiger partial charge in [-0.3, -0.25) is 9.80 Å². The molecule has 1 aliphatic heterocycles. The van der Waals surface area contributed by atoms with Crippen LogP contribution in [0.25, 0.3) is 0 Å². The van der Waals surface area contributed by atoms with Crippen LogP contribution in [0.1, 0.15) is 34.6 Å². The molecule has 0 radical (unpaired) electrons. The van der Waals surface area contributed by atoms with E-state index in [-0.39, 0.29) is 11.7 Å². The van der Waals surface area contributed by atoms with Crippen molar-refractivity contribution in [2.45, 2.75) is 46.3 Å². The Balaban J connectivity index is 1.89. The van der Waals surface area contributed by atoms with E-state index in [2.05, 4.69) is 30.6 Å². The predicted octanol–water partition coefficient (Wildman–Crippen LogP) is 1.88. The Bertz CT molecular complexity index is 313. The standard InChI is InChI=1S/C19H40N2O4/c1-18(2)24-17-16-23-15-14-22-12-10-20-6-8-21(9-7-20)11-13-25-19(3,4)5/h18H,6-17H2,1-5H3. The van der Waals surface area contributed by atoms with E-state index >= 15 is 0 Å². The molecule has 0 N–H and O–H groups in total. The molecule has 0 bridgehead atoms. The summed E-state index contributed by atoms with van der Waals surface area (Å²) in [6, 6.07) is 0. The van der Waals surface area contributed by atoms with Crippen molar-refractivity contribution in [2.24, 2.45) is 0 Å². The van der Waals surface area contributed by atoms with E-state index in [0.717, 1.165) is 52.5 Å². The Morgan fingerprint density at radius 1 is 0.720 bits per heavy atom. The molecule has 0 saturated carbocycles. The van der Waals surface area contributed by atoms with Crippen LogP contribution in [0.5, 0.6) is 0 Å². The molecule has 150 valence electrons. The number of nitrogens with zero attached hydrogens (tertiary/aromatic N) is 2. The lowest BCUT2D eigenvalue weighted by Crippen LogP contribution is -2.48. The first kappa shape index (κ1) is 22.8. The molecule has 1 saturated heterocycles. The molecule has 1 fully saturated rings. The van der Waals surface area contributed by atoms with E-state index in [9.17, 15) is 0 Å². The zero-order valence-corrected chi connectivity index (χ0v) is 17.1. The predicted molar refractivity (Wildman–Crippen MR) is 101 cm³/mol. The zero-order chi connectivity index (χ0) is 18.5. The topological polar surface area (TPSA) is 43.4 Å². The second-order valence-electron chi connectivity index (χ2n) is 7.79. The van der Waals surface area contributed by atoms with Gasteiger partial charge in [0.05, 0.1) is 51.3 Å². The summed E-state index contributed by atoms with van der Waals surface area (Å²) in [5.74, 6) is 0. The van der Waals surface area contributed by atoms with Gasteiger partial charge in [-0.25, -0.2) is 0 Å². The second kappa shape index (κ2) is 13.0. The average molecular weight is 361 g/mol. The van der Waals surface area contributed by atoms with Crippen molar-refractivity contribution >= 4 is 0 Å². The highest BCUT2D eigenvalue weighted by Crippen LogP contribution is 2.07. The quantitative estimate of drug-likeness (QED) is 0.467. The van der Waals surface area contributed by atoms with Crippen LogP contribution >= 0.6 is 0 Å². The maximum Gasteiger partial charge on any atom is 0.0703 e. The minimum atomic E-state index is -0.0374. The van der Waals surface area contributed by atoms with Gasteiger partial charge in [0.1, 0.15) is 0 Å². The molecule has 0 unspecified atom stereocenters. The van der Waals surface area contributed by atoms with Gasteiger partial charge < -0.3 is 18.9 Å². The fourth-order valence-corrected chi connectivity index (χ4v) is 2.58. The number of hydrogen-bond donors (Lipinski definition) is 0. The minimum Gasteiger partial charge on any atom is -0.378 e. The van der Waals surface area contributed by atoms with Gasteiger partial charge in [0, 0.05) is 39.3 Å². The zero-order valence-electron chi connectivity index (χ0n) is 17.1. The lowest BCUT2D eigenvalue weighted by atomic mass is 10.2. The Hall–Kier alpha value is -0.240. The highest BCUT2D eigenvalue weighted by Gasteiger charge is 2.17. The minimum absolute atomic E-state index is 0.0374. The molecular weight excluding hydrogens is 320 g/mol. The summed E-state index contributed by atoms with van der Waals surface area (Å²) in [4.78, 5) is 4.95. The summed E-state index contributed by atoms with van der Waals surface area (Å²) < 4.78 is 22.3. The molecule has 25 heavy (non-hydrogen) atoms. The largest absolute Gasteiger partial charge is 0.378 e. The van der Waals surface area contributed by atoms with Crippen molar-refractivity contribution in [2.75, 3.05) is 78.9 Å². The van der Waals surface area contributed by atoms with Crippen LogP contribution in [0.15, 0.2) is 0 Å². The summed E-state index contributed by atoms with van der Waals surface area (Å²) in [5, 5.41) is 0. The van der Waals surface area contributed by atoms with E-state index in [0.29, 0.717) is 26.4 Å². The SMILES string of the molecule is CC(C)OCCOCCOCCN1CCN(CCOC(C)(C)C)CC1. The molecule has 0 aromatic rings. The highest BCUT2D eigenvalue weighted by molar-refractivity contribution is 4.72. The summed E-state index contributed by atoms with van der Waals surface area (Å²) in [5.41, 5.74) is -0.0374. The summed E-state index contributed by atoms with van der Waals surface area (Å²) in [7, 11) is 0. The summed E-state index contributed by atoms with van der Waals surface area (Å²) >= 11 is 0. The van der Waals surface area contributed by atoms with Crippen molar-refractivity contribution in [3.05, 3.63) is 0 Å². The average Bonchev–Trinajstić information content (AvgIpc) is 2.53. The van der Waals surface area contributed by atoms with Gasteiger partial charge in [-0.05, 0) is 34.6 Å². The van der Waals surface area contributed by atoms with Crippen molar-refractivity contribution in [1.29, 1.82) is 0 Å². The van der Waals surface area contributed by atoms with Crippen molar-refractivity contribution in [3.8, 4) is 0 Å². The van der Waals surface area contributed by atoms with Crippen LogP contribution in [0.3, 0.4) is 0 Å². The molecule has 6 nitrogen and oxygen atoms in total. The van der Waals surface area contributed by atoms with Gasteiger partial charge in [-0.15, -0.1) is 0 Å². The Morgan fingerprint density at radius 3 is 1.72 bits per heavy atom. The molecular formula is C19H40N2O4. The van der Waals surface area contributed by atoms with E-state index in [1.807, 2.05) is 13.8 Å². The van der Waals surface area contributed by atoms with Gasteiger partial charge in [0.2, 0.25) is 0 Å². The van der Waals surface area contributed by atoms with Gasteiger partial charge in [-0.1, -0.05) is 0 Å². The van der Waals surface area contributed by atoms with E-state index in [1.165, 1.54) is 0 Å². The lowest BCUT2D eigenvalue weighted by Gasteiger charge is -2.35. The van der Waals surface area contributed by atoms with Gasteiger partial charge in [-0.2, -0.15) is 0 Å². The van der Waals surface area contributed by atoms with Crippen LogP contribution in [0, 0.1) is 0 Å². The molecule has 1 aliphatic rings. The number of rotatable bonds is 13. The van der Waals surface area contributed by atoms with Gasteiger partial charge in [0.15, 0.2) is 0 Å². The molecule has 0 aromatic heterocycles. The Labute approximate surface area is 154 Å². The number of piperazine rings is 1. The van der Waals surface area contributed by atoms with Gasteiger partial charge >= 0.3 is 0 Å². The lowest BCUT2D eigenvalue weighted by molar-refractivity contribution is -0.0204. The molecule has 0 amide bonds. The number of hydrogen-bond acceptors (Lipinski definition) is 6. The fraction of sp³-hybridized carbons (Fsp3) is 1.00. The van der Waals surface area contributed by atoms with Crippen LogP contribution < -0.4 is 0 Å². The third-order valence-corrected chi connectivity index (χ3v) is 4.01. The molecule has 0 atom stereocenters. The van der Waals surface area contributed by atoms with E-state index in [1.54, 1.807) is 0 Å². The Kier molecular flexibility index (Phi) is 11.9. The fourth-order valence-electron chi connectivity index (χ4n) is 2.58. The monoisotopic (exact) mass is 360 g/mol. The van der Waals surface area contributed by atoms with E-state index < -0.39 is 0 Å². The van der Waals surface area contributed by atoms with Crippen LogP contribution in [0.4, 0.5) is 0 Å². The second-order valence-corrected chi connectivity index (χ2v) is 7.79. The first-order valence-corrected chi connectivity index (χ1v) is 9.72. The smallest absolute Gasteiger partial charge is 0.0703 e. The highest BCUT2D eigenvalue weighted by atomic mass is 16.5. The van der Waals surface area contributed by atoms with Crippen molar-refractivity contribution < 1.29 is 18.9 Å². The molecule has 0 aliphatic carbocycles. The van der Waals surface area contributed by atoms with Crippen molar-refractivity contribution in [1.82, 2.24) is 9.80 Å². The van der Waals surface area contributed by atoms with Gasteiger partial charge in [0.25, 0.3) is 0 Å². The Morgan fingerprint density at radius 2 is 1.20 bits per heavy atom. The molecule has 6 heteroatoms. The number of ether oxygens (including phenoxy) is 4. The molecule has 0 spiro atoms. The maximum atomic E-state index is 5.80. The van der Waals surface area contributed by atoms with Crippen LogP contribution in [-0.4, -0.2) is 100 Å². The first-order valence-electron chi connectivity index (χ1n) is 9.72. The third-order valence-electron chi connectivity index (χ3n) is 4.01. The summed E-state index contributed by atoms with van der Waals surface area (Å²) in [6.45, 7) is 21.1. The maximum absolute atomic E-state index is 5.80.